The molecule has 7 nitrogen and oxygen atoms in total. The molecule has 1 atom stereocenters. The van der Waals surface area contributed by atoms with Crippen LogP contribution in [0.1, 0.15) is 24.1 Å². The average molecular weight is 307 g/mol. The average Bonchev–Trinajstić information content (AvgIpc) is 2.97. The lowest BCUT2D eigenvalue weighted by Crippen LogP contribution is -2.24. The van der Waals surface area contributed by atoms with Gasteiger partial charge < -0.3 is 10.4 Å². The predicted molar refractivity (Wildman–Crippen MR) is 82.7 cm³/mol. The Morgan fingerprint density at radius 3 is 3.00 bits per heavy atom. The molecule has 2 N–H and O–H groups in total. The summed E-state index contributed by atoms with van der Waals surface area (Å²) < 4.78 is 1.60. The van der Waals surface area contributed by atoms with Gasteiger partial charge >= 0.3 is 6.09 Å². The molecule has 0 fully saturated rings. The number of rotatable bonds is 3. The molecule has 0 saturated heterocycles. The zero-order valence-corrected chi connectivity index (χ0v) is 12.3. The van der Waals surface area contributed by atoms with Crippen LogP contribution in [0.5, 0.6) is 0 Å². The fourth-order valence-corrected chi connectivity index (χ4v) is 2.42. The van der Waals surface area contributed by atoms with E-state index in [1.807, 2.05) is 24.3 Å². The fourth-order valence-electron chi connectivity index (χ4n) is 2.42. The first kappa shape index (κ1) is 14.5. The molecule has 2 heterocycles. The highest BCUT2D eigenvalue weighted by molar-refractivity contribution is 5.67. The highest BCUT2D eigenvalue weighted by Gasteiger charge is 2.12. The molecule has 1 aromatic carbocycles. The van der Waals surface area contributed by atoms with E-state index in [1.54, 1.807) is 23.7 Å². The minimum Gasteiger partial charge on any atom is -0.465 e. The molecule has 0 aliphatic carbocycles. The lowest BCUT2D eigenvalue weighted by Gasteiger charge is -2.13. The summed E-state index contributed by atoms with van der Waals surface area (Å²) in [5, 5.41) is 24.6. The van der Waals surface area contributed by atoms with Gasteiger partial charge in [-0.15, -0.1) is 0 Å². The summed E-state index contributed by atoms with van der Waals surface area (Å²) in [6.07, 6.45) is 2.03. The maximum absolute atomic E-state index is 10.8. The second-order valence-electron chi connectivity index (χ2n) is 5.03. The fraction of sp³-hybridized carbons (Fsp3) is 0.125. The number of benzene rings is 1. The van der Waals surface area contributed by atoms with Crippen molar-refractivity contribution in [3.63, 3.8) is 0 Å². The number of hydrogen-bond acceptors (Lipinski definition) is 4. The molecule has 0 aliphatic heterocycles. The van der Waals surface area contributed by atoms with Gasteiger partial charge in [0, 0.05) is 11.8 Å². The van der Waals surface area contributed by atoms with E-state index in [0.717, 1.165) is 16.8 Å². The first-order valence-electron chi connectivity index (χ1n) is 6.93. The molecular weight excluding hydrogens is 294 g/mol. The van der Waals surface area contributed by atoms with Gasteiger partial charge in [0.25, 0.3) is 0 Å². The maximum Gasteiger partial charge on any atom is 0.405 e. The third-order valence-electron chi connectivity index (χ3n) is 3.54. The normalized spacial score (nSPS) is 11.8. The van der Waals surface area contributed by atoms with Crippen molar-refractivity contribution in [3.8, 4) is 17.3 Å². The number of carboxylic acid groups (broad SMARTS) is 1. The van der Waals surface area contributed by atoms with E-state index in [2.05, 4.69) is 21.5 Å². The van der Waals surface area contributed by atoms with Crippen LogP contribution in [0.4, 0.5) is 4.79 Å². The van der Waals surface area contributed by atoms with Crippen LogP contribution in [0.2, 0.25) is 0 Å². The smallest absolute Gasteiger partial charge is 0.405 e. The van der Waals surface area contributed by atoms with Crippen LogP contribution in [0.3, 0.4) is 0 Å². The summed E-state index contributed by atoms with van der Waals surface area (Å²) in [7, 11) is 0. The number of nitrogens with one attached hydrogen (secondary N) is 1. The zero-order valence-electron chi connectivity index (χ0n) is 12.3. The summed E-state index contributed by atoms with van der Waals surface area (Å²) in [4.78, 5) is 15.0. The molecule has 0 bridgehead atoms. The molecule has 23 heavy (non-hydrogen) atoms. The number of nitrogens with zero attached hydrogens (tertiary/aromatic N) is 4. The Hall–Kier alpha value is -3.40. The maximum atomic E-state index is 10.8. The second-order valence-corrected chi connectivity index (χ2v) is 5.03. The summed E-state index contributed by atoms with van der Waals surface area (Å²) in [6.45, 7) is 1.77. The van der Waals surface area contributed by atoms with Crippen molar-refractivity contribution in [2.45, 2.75) is 13.0 Å². The van der Waals surface area contributed by atoms with Crippen molar-refractivity contribution >= 4 is 11.7 Å². The zero-order chi connectivity index (χ0) is 16.4. The minimum atomic E-state index is -1.07. The molecule has 0 aliphatic rings. The van der Waals surface area contributed by atoms with Gasteiger partial charge in [-0.1, -0.05) is 18.2 Å². The van der Waals surface area contributed by atoms with Crippen molar-refractivity contribution in [2.24, 2.45) is 0 Å². The molecule has 0 radical (unpaired) electrons. The highest BCUT2D eigenvalue weighted by Crippen LogP contribution is 2.24. The molecule has 1 unspecified atom stereocenters. The van der Waals surface area contributed by atoms with Crippen LogP contribution in [0.25, 0.3) is 16.9 Å². The van der Waals surface area contributed by atoms with Gasteiger partial charge in [-0.25, -0.2) is 14.3 Å². The Morgan fingerprint density at radius 1 is 1.43 bits per heavy atom. The van der Waals surface area contributed by atoms with Gasteiger partial charge in [0.2, 0.25) is 0 Å². The van der Waals surface area contributed by atoms with E-state index in [4.69, 9.17) is 10.4 Å². The first-order chi connectivity index (χ1) is 11.1. The van der Waals surface area contributed by atoms with Crippen molar-refractivity contribution in [1.82, 2.24) is 19.9 Å². The molecule has 2 aromatic heterocycles. The van der Waals surface area contributed by atoms with Gasteiger partial charge in [0.1, 0.15) is 11.6 Å². The molecule has 0 spiro atoms. The molecule has 3 rings (SSSR count). The number of aromatic nitrogens is 3. The standard InChI is InChI=1S/C16H13N5O2/c1-10(20-16(22)23)11-3-2-4-12(7-11)14-5-6-18-15-13(8-17)9-19-21(14)15/h2-7,9-10,20H,1H3,(H,22,23). The SMILES string of the molecule is CC(NC(=O)O)c1cccc(-c2ccnc3c(C#N)cnn23)c1. The minimum absolute atomic E-state index is 0.336. The Labute approximate surface area is 131 Å². The second kappa shape index (κ2) is 5.77. The number of amides is 1. The lowest BCUT2D eigenvalue weighted by molar-refractivity contribution is 0.191. The third kappa shape index (κ3) is 2.70. The molecular formula is C16H13N5O2. The summed E-state index contributed by atoms with van der Waals surface area (Å²) in [5.41, 5.74) is 3.38. The van der Waals surface area contributed by atoms with E-state index in [0.29, 0.717) is 11.2 Å². The summed E-state index contributed by atoms with van der Waals surface area (Å²) in [6, 6.07) is 11.0. The third-order valence-corrected chi connectivity index (χ3v) is 3.54. The van der Waals surface area contributed by atoms with Crippen LogP contribution >= 0.6 is 0 Å². The quantitative estimate of drug-likeness (QED) is 0.774. The highest BCUT2D eigenvalue weighted by atomic mass is 16.4. The van der Waals surface area contributed by atoms with E-state index >= 15 is 0 Å². The topological polar surface area (TPSA) is 103 Å². The number of hydrogen-bond donors (Lipinski definition) is 2. The van der Waals surface area contributed by atoms with E-state index in [1.165, 1.54) is 6.20 Å². The van der Waals surface area contributed by atoms with Crippen LogP contribution in [0, 0.1) is 11.3 Å². The van der Waals surface area contributed by atoms with E-state index < -0.39 is 6.09 Å². The molecule has 3 aromatic rings. The Morgan fingerprint density at radius 2 is 2.26 bits per heavy atom. The van der Waals surface area contributed by atoms with Crippen LogP contribution < -0.4 is 5.32 Å². The van der Waals surface area contributed by atoms with Crippen LogP contribution in [0.15, 0.2) is 42.7 Å². The summed E-state index contributed by atoms with van der Waals surface area (Å²) in [5.74, 6) is 0. The number of carbonyl (C=O) groups is 1. The first-order valence-corrected chi connectivity index (χ1v) is 6.93. The van der Waals surface area contributed by atoms with E-state index in [9.17, 15) is 4.79 Å². The Balaban J connectivity index is 2.08. The van der Waals surface area contributed by atoms with Crippen molar-refractivity contribution in [1.29, 1.82) is 5.26 Å². The molecule has 0 saturated carbocycles. The summed E-state index contributed by atoms with van der Waals surface area (Å²) >= 11 is 0. The predicted octanol–water partition coefficient (Wildman–Crippen LogP) is 2.60. The van der Waals surface area contributed by atoms with Gasteiger partial charge in [0.15, 0.2) is 5.65 Å². The number of fused-ring (bicyclic) bond motifs is 1. The molecule has 7 heteroatoms. The van der Waals surface area contributed by atoms with Crippen molar-refractivity contribution in [2.75, 3.05) is 0 Å². The lowest BCUT2D eigenvalue weighted by atomic mass is 10.0. The number of nitriles is 1. The van der Waals surface area contributed by atoms with Crippen molar-refractivity contribution < 1.29 is 9.90 Å². The largest absolute Gasteiger partial charge is 0.465 e. The van der Waals surface area contributed by atoms with E-state index in [-0.39, 0.29) is 6.04 Å². The van der Waals surface area contributed by atoms with Crippen molar-refractivity contribution in [3.05, 3.63) is 53.9 Å². The monoisotopic (exact) mass is 307 g/mol. The van der Waals surface area contributed by atoms with Gasteiger partial charge in [-0.3, -0.25) is 0 Å². The van der Waals surface area contributed by atoms with Crippen LogP contribution in [-0.2, 0) is 0 Å². The molecule has 114 valence electrons. The Bertz CT molecular complexity index is 926. The van der Waals surface area contributed by atoms with Crippen LogP contribution in [-0.4, -0.2) is 25.8 Å². The van der Waals surface area contributed by atoms with Gasteiger partial charge in [0.05, 0.1) is 17.9 Å². The van der Waals surface area contributed by atoms with Gasteiger partial charge in [-0.2, -0.15) is 10.4 Å². The molecule has 1 amide bonds. The Kier molecular flexibility index (Phi) is 3.65. The van der Waals surface area contributed by atoms with Gasteiger partial charge in [-0.05, 0) is 24.6 Å².